The monoisotopic (exact) mass is 399 g/mol. The molecule has 1 aliphatic carbocycles. The van der Waals surface area contributed by atoms with Crippen LogP contribution in [0.25, 0.3) is 0 Å². The number of hydrogen-bond donors (Lipinski definition) is 3. The largest absolute Gasteiger partial charge is 0.351 e. The topological polar surface area (TPSA) is 101 Å². The second-order valence-corrected chi connectivity index (χ2v) is 7.62. The summed E-state index contributed by atoms with van der Waals surface area (Å²) >= 11 is 12.5. The molecule has 0 heterocycles. The Morgan fingerprint density at radius 2 is 1.85 bits per heavy atom. The molecule has 26 heavy (non-hydrogen) atoms. The first-order valence-electron chi connectivity index (χ1n) is 8.60. The molecular weight excluding hydrogens is 377 g/mol. The number of primary amides is 1. The van der Waals surface area contributed by atoms with Crippen LogP contribution < -0.4 is 16.4 Å². The van der Waals surface area contributed by atoms with Crippen molar-refractivity contribution in [3.8, 4) is 0 Å². The summed E-state index contributed by atoms with van der Waals surface area (Å²) in [7, 11) is 0. The number of benzene rings is 1. The number of carbonyl (C=O) groups is 3. The first kappa shape index (κ1) is 20.5. The zero-order valence-corrected chi connectivity index (χ0v) is 16.1. The summed E-state index contributed by atoms with van der Waals surface area (Å²) in [5.41, 5.74) is 5.12. The van der Waals surface area contributed by atoms with Crippen LogP contribution in [0.4, 0.5) is 4.79 Å². The molecule has 2 rings (SSSR count). The maximum absolute atomic E-state index is 12.7. The molecule has 0 bridgehead atoms. The van der Waals surface area contributed by atoms with Crippen LogP contribution in [0.2, 0.25) is 10.0 Å². The van der Waals surface area contributed by atoms with Gasteiger partial charge in [0.1, 0.15) is 0 Å². The molecule has 0 spiro atoms. The minimum atomic E-state index is -0.933. The summed E-state index contributed by atoms with van der Waals surface area (Å²) < 4.78 is 0. The van der Waals surface area contributed by atoms with E-state index in [0.717, 1.165) is 37.7 Å². The van der Waals surface area contributed by atoms with Crippen LogP contribution in [-0.2, 0) is 15.1 Å². The lowest BCUT2D eigenvalue weighted by atomic mass is 9.76. The van der Waals surface area contributed by atoms with E-state index in [1.54, 1.807) is 25.1 Å². The van der Waals surface area contributed by atoms with Gasteiger partial charge in [0.15, 0.2) is 0 Å². The molecule has 1 aromatic rings. The lowest BCUT2D eigenvalue weighted by Crippen LogP contribution is -2.49. The van der Waals surface area contributed by atoms with Crippen LogP contribution in [-0.4, -0.2) is 17.8 Å². The third-order valence-corrected chi connectivity index (χ3v) is 5.28. The number of nitrogens with two attached hydrogens (primary N) is 1. The number of nitrogens with one attached hydrogen (secondary N) is 2. The smallest absolute Gasteiger partial charge is 0.318 e. The SMILES string of the molecule is C[C@H](CC(=O)NC(N)=O)C(=O)NC1(c2cc(Cl)ccc2Cl)CCCCC1. The van der Waals surface area contributed by atoms with Gasteiger partial charge < -0.3 is 11.1 Å². The lowest BCUT2D eigenvalue weighted by Gasteiger charge is -2.40. The Morgan fingerprint density at radius 3 is 2.46 bits per heavy atom. The fraction of sp³-hybridized carbons (Fsp3) is 0.500. The molecule has 0 unspecified atom stereocenters. The number of rotatable bonds is 5. The molecule has 1 aromatic carbocycles. The molecule has 0 saturated heterocycles. The Kier molecular flexibility index (Phi) is 6.89. The fourth-order valence-corrected chi connectivity index (χ4v) is 3.87. The van der Waals surface area contributed by atoms with Gasteiger partial charge in [-0.3, -0.25) is 14.9 Å². The maximum Gasteiger partial charge on any atom is 0.318 e. The Labute approximate surface area is 162 Å². The molecular formula is C18H23Cl2N3O3. The van der Waals surface area contributed by atoms with Gasteiger partial charge in [-0.25, -0.2) is 4.79 Å². The van der Waals surface area contributed by atoms with Gasteiger partial charge in [0.05, 0.1) is 5.54 Å². The predicted molar refractivity (Wildman–Crippen MR) is 101 cm³/mol. The molecule has 8 heteroatoms. The number of amides is 4. The van der Waals surface area contributed by atoms with Gasteiger partial charge in [-0.2, -0.15) is 0 Å². The second kappa shape index (κ2) is 8.73. The number of urea groups is 1. The fourth-order valence-electron chi connectivity index (χ4n) is 3.40. The standard InChI is InChI=1S/C18H23Cl2N3O3/c1-11(9-15(24)22-17(21)26)16(25)23-18(7-3-2-4-8-18)13-10-12(19)5-6-14(13)20/h5-6,10-11H,2-4,7-9H2,1H3,(H,23,25)(H3,21,22,24,26)/t11-/m1/s1. The van der Waals surface area contributed by atoms with E-state index >= 15 is 0 Å². The minimum absolute atomic E-state index is 0.131. The Hall–Kier alpha value is -1.79. The van der Waals surface area contributed by atoms with Gasteiger partial charge >= 0.3 is 6.03 Å². The number of carbonyl (C=O) groups excluding carboxylic acids is 3. The molecule has 142 valence electrons. The minimum Gasteiger partial charge on any atom is -0.351 e. The van der Waals surface area contributed by atoms with Crippen molar-refractivity contribution in [3.05, 3.63) is 33.8 Å². The number of imide groups is 1. The summed E-state index contributed by atoms with van der Waals surface area (Å²) in [6, 6.07) is 4.30. The average Bonchev–Trinajstić information content (AvgIpc) is 2.57. The molecule has 6 nitrogen and oxygen atoms in total. The van der Waals surface area contributed by atoms with Crippen molar-refractivity contribution >= 4 is 41.0 Å². The quantitative estimate of drug-likeness (QED) is 0.705. The molecule has 1 aliphatic rings. The van der Waals surface area contributed by atoms with Gasteiger partial charge in [-0.15, -0.1) is 0 Å². The average molecular weight is 400 g/mol. The van der Waals surface area contributed by atoms with Crippen molar-refractivity contribution in [3.63, 3.8) is 0 Å². The van der Waals surface area contributed by atoms with Crippen LogP contribution in [0.1, 0.15) is 51.0 Å². The molecule has 0 aliphatic heterocycles. The highest BCUT2D eigenvalue weighted by molar-refractivity contribution is 6.33. The summed E-state index contributed by atoms with van der Waals surface area (Å²) in [6.45, 7) is 1.63. The molecule has 4 N–H and O–H groups in total. The van der Waals surface area contributed by atoms with Crippen molar-refractivity contribution in [1.29, 1.82) is 0 Å². The van der Waals surface area contributed by atoms with E-state index in [2.05, 4.69) is 5.32 Å². The van der Waals surface area contributed by atoms with E-state index < -0.39 is 23.4 Å². The first-order chi connectivity index (χ1) is 12.2. The molecule has 1 saturated carbocycles. The highest BCUT2D eigenvalue weighted by Crippen LogP contribution is 2.41. The van der Waals surface area contributed by atoms with E-state index in [1.165, 1.54) is 0 Å². The van der Waals surface area contributed by atoms with Crippen LogP contribution in [0.15, 0.2) is 18.2 Å². The van der Waals surface area contributed by atoms with Crippen molar-refractivity contribution in [1.82, 2.24) is 10.6 Å². The molecule has 4 amide bonds. The van der Waals surface area contributed by atoms with Gasteiger partial charge in [0.2, 0.25) is 11.8 Å². The van der Waals surface area contributed by atoms with Crippen molar-refractivity contribution in [2.45, 2.75) is 51.0 Å². The zero-order chi connectivity index (χ0) is 19.3. The summed E-state index contributed by atoms with van der Waals surface area (Å²) in [4.78, 5) is 35.1. The van der Waals surface area contributed by atoms with Crippen LogP contribution in [0.5, 0.6) is 0 Å². The molecule has 0 radical (unpaired) electrons. The van der Waals surface area contributed by atoms with Gasteiger partial charge in [0, 0.05) is 22.4 Å². The Balaban J connectivity index is 2.20. The third-order valence-electron chi connectivity index (χ3n) is 4.72. The Bertz CT molecular complexity index is 703. The van der Waals surface area contributed by atoms with Crippen LogP contribution in [0.3, 0.4) is 0 Å². The molecule has 1 fully saturated rings. The maximum atomic E-state index is 12.7. The lowest BCUT2D eigenvalue weighted by molar-refractivity contribution is -0.131. The second-order valence-electron chi connectivity index (χ2n) is 6.77. The Morgan fingerprint density at radius 1 is 1.19 bits per heavy atom. The first-order valence-corrected chi connectivity index (χ1v) is 9.36. The normalized spacial score (nSPS) is 17.2. The highest BCUT2D eigenvalue weighted by atomic mass is 35.5. The van der Waals surface area contributed by atoms with Crippen LogP contribution >= 0.6 is 23.2 Å². The molecule has 1 atom stereocenters. The van der Waals surface area contributed by atoms with E-state index in [1.807, 2.05) is 5.32 Å². The van der Waals surface area contributed by atoms with E-state index in [-0.39, 0.29) is 12.3 Å². The van der Waals surface area contributed by atoms with Crippen molar-refractivity contribution in [2.75, 3.05) is 0 Å². The van der Waals surface area contributed by atoms with E-state index in [9.17, 15) is 14.4 Å². The van der Waals surface area contributed by atoms with Gasteiger partial charge in [0.25, 0.3) is 0 Å². The zero-order valence-electron chi connectivity index (χ0n) is 14.6. The van der Waals surface area contributed by atoms with Gasteiger partial charge in [-0.1, -0.05) is 49.4 Å². The van der Waals surface area contributed by atoms with Crippen molar-refractivity contribution < 1.29 is 14.4 Å². The highest BCUT2D eigenvalue weighted by Gasteiger charge is 2.38. The molecule has 0 aromatic heterocycles. The van der Waals surface area contributed by atoms with Gasteiger partial charge in [-0.05, 0) is 36.6 Å². The summed E-state index contributed by atoms with van der Waals surface area (Å²) in [5, 5.41) is 6.17. The third kappa shape index (κ3) is 5.11. The summed E-state index contributed by atoms with van der Waals surface area (Å²) in [6.07, 6.45) is 4.37. The van der Waals surface area contributed by atoms with Crippen molar-refractivity contribution in [2.24, 2.45) is 11.7 Å². The van der Waals surface area contributed by atoms with Crippen LogP contribution in [0, 0.1) is 5.92 Å². The van der Waals surface area contributed by atoms with E-state index in [0.29, 0.717) is 10.0 Å². The number of hydrogen-bond acceptors (Lipinski definition) is 3. The number of halogens is 2. The predicted octanol–water partition coefficient (Wildman–Crippen LogP) is 3.49. The summed E-state index contributed by atoms with van der Waals surface area (Å²) in [5.74, 6) is -1.48. The van der Waals surface area contributed by atoms with E-state index in [4.69, 9.17) is 28.9 Å².